The number of hydrogen-bond donors (Lipinski definition) is 0. The lowest BCUT2D eigenvalue weighted by Crippen LogP contribution is -2.51. The molecule has 0 bridgehead atoms. The molecule has 1 atom stereocenters. The first kappa shape index (κ1) is 19.7. The Hall–Kier alpha value is -1.63. The van der Waals surface area contributed by atoms with E-state index >= 15 is 0 Å². The maximum absolute atomic E-state index is 12.7. The first-order valence-corrected chi connectivity index (χ1v) is 10.8. The van der Waals surface area contributed by atoms with Crippen molar-refractivity contribution in [1.29, 1.82) is 0 Å². The van der Waals surface area contributed by atoms with Gasteiger partial charge in [-0.3, -0.25) is 14.6 Å². The van der Waals surface area contributed by atoms with Gasteiger partial charge in [-0.1, -0.05) is 19.1 Å². The van der Waals surface area contributed by atoms with Gasteiger partial charge < -0.3 is 14.4 Å². The summed E-state index contributed by atoms with van der Waals surface area (Å²) < 4.78 is 11.3. The second-order valence-corrected chi connectivity index (χ2v) is 8.16. The second kappa shape index (κ2) is 9.25. The average Bonchev–Trinajstić information content (AvgIpc) is 3.39. The van der Waals surface area contributed by atoms with Crippen molar-refractivity contribution in [1.82, 2.24) is 14.7 Å². The van der Waals surface area contributed by atoms with Crippen molar-refractivity contribution in [2.75, 3.05) is 59.0 Å². The number of ether oxygens (including phenoxy) is 2. The molecule has 1 aromatic rings. The molecule has 3 heterocycles. The van der Waals surface area contributed by atoms with Crippen molar-refractivity contribution >= 4 is 5.91 Å². The van der Waals surface area contributed by atoms with E-state index in [-0.39, 0.29) is 5.91 Å². The van der Waals surface area contributed by atoms with E-state index in [1.807, 2.05) is 4.90 Å². The number of carbonyl (C=O) groups is 1. The van der Waals surface area contributed by atoms with Crippen molar-refractivity contribution < 1.29 is 14.3 Å². The van der Waals surface area contributed by atoms with Gasteiger partial charge in [0.25, 0.3) is 0 Å². The topological polar surface area (TPSA) is 45.3 Å². The van der Waals surface area contributed by atoms with Crippen LogP contribution in [0, 0.1) is 0 Å². The molecule has 2 fully saturated rings. The predicted molar refractivity (Wildman–Crippen MR) is 109 cm³/mol. The first-order valence-electron chi connectivity index (χ1n) is 10.8. The minimum atomic E-state index is 0.258. The third-order valence-corrected chi connectivity index (χ3v) is 6.18. The van der Waals surface area contributed by atoms with Gasteiger partial charge in [0.2, 0.25) is 5.91 Å². The highest BCUT2D eigenvalue weighted by molar-refractivity contribution is 5.78. The zero-order valence-electron chi connectivity index (χ0n) is 17.1. The average molecular weight is 388 g/mol. The van der Waals surface area contributed by atoms with Crippen LogP contribution in [0.25, 0.3) is 0 Å². The van der Waals surface area contributed by atoms with Crippen molar-refractivity contribution in [3.05, 3.63) is 29.3 Å². The molecule has 154 valence electrons. The Bertz CT molecular complexity index is 667. The van der Waals surface area contributed by atoms with Crippen LogP contribution in [-0.2, 0) is 22.5 Å². The van der Waals surface area contributed by atoms with Gasteiger partial charge in [-0.2, -0.15) is 0 Å². The molecule has 1 unspecified atom stereocenters. The predicted octanol–water partition coefficient (Wildman–Crippen LogP) is 1.77. The molecule has 1 amide bonds. The molecule has 28 heavy (non-hydrogen) atoms. The third kappa shape index (κ3) is 4.85. The molecule has 4 rings (SSSR count). The highest BCUT2D eigenvalue weighted by Gasteiger charge is 2.25. The van der Waals surface area contributed by atoms with Gasteiger partial charge in [-0.05, 0) is 36.6 Å². The van der Waals surface area contributed by atoms with Gasteiger partial charge >= 0.3 is 0 Å². The molecular weight excluding hydrogens is 354 g/mol. The second-order valence-electron chi connectivity index (χ2n) is 8.16. The number of piperazine rings is 1. The normalized spacial score (nSPS) is 22.5. The summed E-state index contributed by atoms with van der Waals surface area (Å²) in [7, 11) is 0. The number of amides is 1. The fourth-order valence-electron chi connectivity index (χ4n) is 4.42. The molecule has 0 aromatic heterocycles. The molecule has 2 saturated heterocycles. The van der Waals surface area contributed by atoms with Gasteiger partial charge in [-0.25, -0.2) is 0 Å². The minimum Gasteiger partial charge on any atom is -0.493 e. The fourth-order valence-corrected chi connectivity index (χ4v) is 4.42. The Morgan fingerprint density at radius 2 is 2.07 bits per heavy atom. The van der Waals surface area contributed by atoms with Crippen molar-refractivity contribution in [2.24, 2.45) is 0 Å². The lowest BCUT2D eigenvalue weighted by Gasteiger charge is -2.36. The largest absolute Gasteiger partial charge is 0.493 e. The lowest BCUT2D eigenvalue weighted by molar-refractivity contribution is -0.134. The van der Waals surface area contributed by atoms with Crippen molar-refractivity contribution in [2.45, 2.75) is 38.8 Å². The van der Waals surface area contributed by atoms with E-state index in [1.54, 1.807) is 0 Å². The Morgan fingerprint density at radius 1 is 1.21 bits per heavy atom. The van der Waals surface area contributed by atoms with E-state index in [2.05, 4.69) is 34.9 Å². The number of rotatable bonds is 7. The van der Waals surface area contributed by atoms with Gasteiger partial charge in [0.15, 0.2) is 0 Å². The van der Waals surface area contributed by atoms with Crippen LogP contribution in [0.5, 0.6) is 5.75 Å². The molecular formula is C22H33N3O3. The van der Waals surface area contributed by atoms with Gasteiger partial charge in [0.05, 0.1) is 19.3 Å². The zero-order valence-corrected chi connectivity index (χ0v) is 17.1. The van der Waals surface area contributed by atoms with Crippen LogP contribution in [-0.4, -0.2) is 85.7 Å². The van der Waals surface area contributed by atoms with Gasteiger partial charge in [0, 0.05) is 52.3 Å². The van der Waals surface area contributed by atoms with E-state index in [0.717, 1.165) is 84.0 Å². The molecule has 0 saturated carbocycles. The fraction of sp³-hybridized carbons (Fsp3) is 0.682. The SMILES string of the molecule is CCN(CC(=O)N1CCN(Cc2ccc3c(c2)CCO3)CC1)CC1CCCO1. The van der Waals surface area contributed by atoms with Gasteiger partial charge in [0.1, 0.15) is 5.75 Å². The number of hydrogen-bond acceptors (Lipinski definition) is 5. The molecule has 6 heteroatoms. The summed E-state index contributed by atoms with van der Waals surface area (Å²) in [5.74, 6) is 1.30. The van der Waals surface area contributed by atoms with Crippen LogP contribution < -0.4 is 4.74 Å². The Labute approximate surface area is 168 Å². The maximum atomic E-state index is 12.7. The van der Waals surface area contributed by atoms with E-state index in [9.17, 15) is 4.79 Å². The summed E-state index contributed by atoms with van der Waals surface area (Å²) in [5.41, 5.74) is 2.68. The third-order valence-electron chi connectivity index (χ3n) is 6.18. The van der Waals surface area contributed by atoms with Crippen LogP contribution in [0.2, 0.25) is 0 Å². The summed E-state index contributed by atoms with van der Waals surface area (Å²) >= 11 is 0. The van der Waals surface area contributed by atoms with Crippen LogP contribution in [0.4, 0.5) is 0 Å². The van der Waals surface area contributed by atoms with Crippen molar-refractivity contribution in [3.63, 3.8) is 0 Å². The smallest absolute Gasteiger partial charge is 0.236 e. The first-order chi connectivity index (χ1) is 13.7. The molecule has 0 aliphatic carbocycles. The van der Waals surface area contributed by atoms with Crippen LogP contribution in [0.3, 0.4) is 0 Å². The quantitative estimate of drug-likeness (QED) is 0.714. The number of benzene rings is 1. The summed E-state index contributed by atoms with van der Waals surface area (Å²) in [4.78, 5) is 19.5. The molecule has 0 N–H and O–H groups in total. The summed E-state index contributed by atoms with van der Waals surface area (Å²) in [6, 6.07) is 6.56. The van der Waals surface area contributed by atoms with E-state index in [4.69, 9.17) is 9.47 Å². The monoisotopic (exact) mass is 387 g/mol. The minimum absolute atomic E-state index is 0.258. The zero-order chi connectivity index (χ0) is 19.3. The number of carbonyl (C=O) groups excluding carboxylic acids is 1. The highest BCUT2D eigenvalue weighted by atomic mass is 16.5. The molecule has 3 aliphatic heterocycles. The standard InChI is InChI=1S/C22H33N3O3/c1-2-23(16-20-4-3-12-27-20)17-22(26)25-10-8-24(9-11-25)15-18-5-6-21-19(14-18)7-13-28-21/h5-6,14,20H,2-4,7-13,15-17H2,1H3. The number of likely N-dealkylation sites (N-methyl/N-ethyl adjacent to an activating group) is 1. The summed E-state index contributed by atoms with van der Waals surface area (Å²) in [6.07, 6.45) is 3.60. The van der Waals surface area contributed by atoms with E-state index < -0.39 is 0 Å². The highest BCUT2D eigenvalue weighted by Crippen LogP contribution is 2.26. The van der Waals surface area contributed by atoms with Crippen molar-refractivity contribution in [3.8, 4) is 5.75 Å². The Kier molecular flexibility index (Phi) is 6.50. The number of nitrogens with zero attached hydrogens (tertiary/aromatic N) is 3. The van der Waals surface area contributed by atoms with E-state index in [0.29, 0.717) is 12.6 Å². The molecule has 1 aromatic carbocycles. The van der Waals surface area contributed by atoms with E-state index in [1.165, 1.54) is 11.1 Å². The molecule has 3 aliphatic rings. The molecule has 0 spiro atoms. The van der Waals surface area contributed by atoms with Gasteiger partial charge in [-0.15, -0.1) is 0 Å². The number of fused-ring (bicyclic) bond motifs is 1. The summed E-state index contributed by atoms with van der Waals surface area (Å²) in [6.45, 7) is 10.6. The summed E-state index contributed by atoms with van der Waals surface area (Å²) in [5, 5.41) is 0. The lowest BCUT2D eigenvalue weighted by atomic mass is 10.1. The van der Waals surface area contributed by atoms with Crippen LogP contribution in [0.1, 0.15) is 30.9 Å². The van der Waals surface area contributed by atoms with Crippen LogP contribution >= 0.6 is 0 Å². The Morgan fingerprint density at radius 3 is 2.82 bits per heavy atom. The molecule has 0 radical (unpaired) electrons. The maximum Gasteiger partial charge on any atom is 0.236 e. The van der Waals surface area contributed by atoms with Crippen LogP contribution in [0.15, 0.2) is 18.2 Å². The molecule has 6 nitrogen and oxygen atoms in total. The Balaban J connectivity index is 1.22.